The zero-order chi connectivity index (χ0) is 37.0. The topological polar surface area (TPSA) is 117 Å². The fourth-order valence-corrected chi connectivity index (χ4v) is 7.50. The summed E-state index contributed by atoms with van der Waals surface area (Å²) in [5.74, 6) is -2.05. The number of hydrogen-bond donors (Lipinski definition) is 1. The van der Waals surface area contributed by atoms with Crippen molar-refractivity contribution in [1.29, 1.82) is 0 Å². The average molecular weight is 748 g/mol. The van der Waals surface area contributed by atoms with Crippen LogP contribution in [-0.4, -0.2) is 89.1 Å². The van der Waals surface area contributed by atoms with Crippen LogP contribution >= 0.6 is 18.1 Å². The number of H-pyrrole nitrogens is 1. The maximum absolute atomic E-state index is 13.5. The van der Waals surface area contributed by atoms with Crippen LogP contribution < -0.4 is 11.2 Å². The molecule has 1 saturated heterocycles. The summed E-state index contributed by atoms with van der Waals surface area (Å²) in [5.41, 5.74) is 0.826. The number of amides is 1. The molecule has 272 valence electrons. The van der Waals surface area contributed by atoms with E-state index in [1.165, 1.54) is 17.8 Å². The van der Waals surface area contributed by atoms with E-state index in [2.05, 4.69) is 9.88 Å². The molecule has 4 aromatic rings. The van der Waals surface area contributed by atoms with Crippen molar-refractivity contribution in [1.82, 2.24) is 24.0 Å². The van der Waals surface area contributed by atoms with Crippen LogP contribution in [0.15, 0.2) is 107 Å². The summed E-state index contributed by atoms with van der Waals surface area (Å²) in [6.07, 6.45) is -5.48. The molecule has 1 aromatic heterocycles. The van der Waals surface area contributed by atoms with Crippen molar-refractivity contribution in [2.24, 2.45) is 0 Å². The molecule has 0 saturated carbocycles. The van der Waals surface area contributed by atoms with E-state index in [0.717, 1.165) is 28.4 Å². The number of carbonyl (C=O) groups excluding carboxylic acids is 1. The number of nitrogens with zero attached hydrogens (tertiary/aromatic N) is 4. The van der Waals surface area contributed by atoms with Gasteiger partial charge in [-0.05, 0) is 41.9 Å². The highest BCUT2D eigenvalue weighted by Gasteiger charge is 2.47. The predicted octanol–water partition coefficient (Wildman–Crippen LogP) is 5.35. The number of rotatable bonds is 12. The van der Waals surface area contributed by atoms with Gasteiger partial charge < -0.3 is 14.2 Å². The van der Waals surface area contributed by atoms with E-state index < -0.39 is 54.6 Å². The number of aromatic amines is 1. The van der Waals surface area contributed by atoms with Crippen LogP contribution in [0, 0.1) is 6.92 Å². The molecule has 0 spiro atoms. The van der Waals surface area contributed by atoms with Crippen LogP contribution in [0.25, 0.3) is 0 Å². The van der Waals surface area contributed by atoms with Gasteiger partial charge in [0, 0.05) is 45.0 Å². The van der Waals surface area contributed by atoms with E-state index in [0.29, 0.717) is 4.90 Å². The maximum Gasteiger partial charge on any atom is 0.471 e. The molecule has 1 N–H and O–H groups in total. The Balaban J connectivity index is 1.54. The molecule has 1 amide bonds. The van der Waals surface area contributed by atoms with Gasteiger partial charge in [-0.15, -0.1) is 0 Å². The normalized spacial score (nSPS) is 18.4. The third kappa shape index (κ3) is 8.38. The summed E-state index contributed by atoms with van der Waals surface area (Å²) in [6, 6.07) is 29.4. The van der Waals surface area contributed by atoms with Gasteiger partial charge in [-0.25, -0.2) is 9.46 Å². The number of hydrogen-bond acceptors (Lipinski definition) is 7. The summed E-state index contributed by atoms with van der Waals surface area (Å²) in [7, 11) is 2.29. The average Bonchev–Trinajstić information content (AvgIpc) is 3.12. The minimum Gasteiger partial charge on any atom is -0.350 e. The summed E-state index contributed by atoms with van der Waals surface area (Å²) >= 11 is 6.36. The number of carbonyl (C=O) groups is 1. The van der Waals surface area contributed by atoms with E-state index in [9.17, 15) is 32.1 Å². The van der Waals surface area contributed by atoms with Crippen LogP contribution in [0.4, 0.5) is 13.2 Å². The number of nitrogens with one attached hydrogen (secondary N) is 1. The fraction of sp³-hybridized carbons (Fsp3) is 0.343. The molecule has 16 heteroatoms. The van der Waals surface area contributed by atoms with Gasteiger partial charge in [-0.3, -0.25) is 28.6 Å². The standard InChI is InChI=1S/C35H38ClF3N5O6P/c1-25-21-44(33(47)40-31(25)45)30-23-43(22-29(50-30)24-49-51(36,48)42(3)20-19-41(2)32(46)35(37,38)39)34(26-13-7-4-8-14-26,27-15-9-5-10-16-27)28-17-11-6-12-18-28/h4-18,21,29-30H,19-20,22-24H2,1-3H3,(H,40,45,47)/t29-,30+,51?/m0/s1. The molecule has 0 radical (unpaired) electrons. The predicted molar refractivity (Wildman–Crippen MR) is 186 cm³/mol. The van der Waals surface area contributed by atoms with Gasteiger partial charge in [0.25, 0.3) is 5.56 Å². The lowest BCUT2D eigenvalue weighted by Crippen LogP contribution is -2.58. The monoisotopic (exact) mass is 747 g/mol. The molecule has 51 heavy (non-hydrogen) atoms. The van der Waals surface area contributed by atoms with Gasteiger partial charge >= 0.3 is 24.6 Å². The zero-order valence-corrected chi connectivity index (χ0v) is 29.8. The second-order valence-electron chi connectivity index (χ2n) is 12.3. The third-order valence-electron chi connectivity index (χ3n) is 8.83. The zero-order valence-electron chi connectivity index (χ0n) is 28.1. The molecule has 1 aliphatic rings. The molecule has 1 unspecified atom stereocenters. The molecule has 5 rings (SSSR count). The first kappa shape index (κ1) is 38.2. The van der Waals surface area contributed by atoms with E-state index in [1.807, 2.05) is 91.0 Å². The van der Waals surface area contributed by atoms with Crippen molar-refractivity contribution in [3.8, 4) is 0 Å². The molecule has 1 fully saturated rings. The Morgan fingerprint density at radius 3 is 1.92 bits per heavy atom. The second kappa shape index (κ2) is 15.7. The lowest BCUT2D eigenvalue weighted by Gasteiger charge is -2.50. The van der Waals surface area contributed by atoms with Gasteiger partial charge in [-0.2, -0.15) is 13.2 Å². The quantitative estimate of drug-likeness (QED) is 0.152. The van der Waals surface area contributed by atoms with Crippen LogP contribution in [0.3, 0.4) is 0 Å². The molecule has 3 atom stereocenters. The van der Waals surface area contributed by atoms with Crippen molar-refractivity contribution in [2.75, 3.05) is 46.9 Å². The van der Waals surface area contributed by atoms with Gasteiger partial charge in [0.2, 0.25) is 0 Å². The molecule has 11 nitrogen and oxygen atoms in total. The van der Waals surface area contributed by atoms with Gasteiger partial charge in [0.05, 0.1) is 18.2 Å². The number of likely N-dealkylation sites (N-methyl/N-ethyl adjacent to an activating group) is 2. The SMILES string of the molecule is Cc1cn([C@H]2CN(C(c3ccccc3)(c3ccccc3)c3ccccc3)C[C@@H](COP(=O)(Cl)N(C)CCN(C)C(=O)C(F)(F)F)O2)c(=O)[nH]c1=O. The Bertz CT molecular complexity index is 1870. The number of aryl methyl sites for hydroxylation is 1. The summed E-state index contributed by atoms with van der Waals surface area (Å²) < 4.78 is 66.7. The summed E-state index contributed by atoms with van der Waals surface area (Å²) in [4.78, 5) is 42.0. The van der Waals surface area contributed by atoms with Gasteiger partial charge in [0.1, 0.15) is 0 Å². The second-order valence-corrected chi connectivity index (χ2v) is 15.4. The van der Waals surface area contributed by atoms with Crippen LogP contribution in [0.2, 0.25) is 0 Å². The number of halogens is 4. The lowest BCUT2D eigenvalue weighted by atomic mass is 9.75. The number of ether oxygens (including phenoxy) is 1. The smallest absolute Gasteiger partial charge is 0.350 e. The Hall–Kier alpha value is -4.04. The third-order valence-corrected chi connectivity index (χ3v) is 11.4. The van der Waals surface area contributed by atoms with Crippen LogP contribution in [0.1, 0.15) is 28.5 Å². The minimum atomic E-state index is -5.06. The van der Waals surface area contributed by atoms with Crippen LogP contribution in [-0.2, 0) is 24.2 Å². The van der Waals surface area contributed by atoms with Crippen molar-refractivity contribution in [2.45, 2.75) is 31.0 Å². The maximum atomic E-state index is 13.5. The first-order valence-corrected chi connectivity index (χ1v) is 18.5. The highest BCUT2D eigenvalue weighted by Crippen LogP contribution is 2.55. The Morgan fingerprint density at radius 1 is 0.922 bits per heavy atom. The Morgan fingerprint density at radius 2 is 1.43 bits per heavy atom. The number of alkyl halides is 3. The Kier molecular flexibility index (Phi) is 11.7. The molecule has 0 aliphatic carbocycles. The molecular weight excluding hydrogens is 710 g/mol. The largest absolute Gasteiger partial charge is 0.471 e. The van der Waals surface area contributed by atoms with Crippen molar-refractivity contribution >= 4 is 24.0 Å². The van der Waals surface area contributed by atoms with E-state index in [1.54, 1.807) is 6.92 Å². The molecule has 0 bridgehead atoms. The lowest BCUT2D eigenvalue weighted by molar-refractivity contribution is -0.184. The number of morpholine rings is 1. The summed E-state index contributed by atoms with van der Waals surface area (Å²) in [6.45, 7) is -3.32. The van der Waals surface area contributed by atoms with E-state index in [-0.39, 0.29) is 31.8 Å². The van der Waals surface area contributed by atoms with Crippen molar-refractivity contribution in [3.63, 3.8) is 0 Å². The Labute approximate surface area is 297 Å². The first-order chi connectivity index (χ1) is 24.1. The number of aromatic nitrogens is 2. The van der Waals surface area contributed by atoms with Crippen molar-refractivity contribution in [3.05, 3.63) is 140 Å². The highest BCUT2D eigenvalue weighted by molar-refractivity contribution is 7.83. The molecular formula is C35H38ClF3N5O6P. The van der Waals surface area contributed by atoms with Gasteiger partial charge in [-0.1, -0.05) is 91.0 Å². The van der Waals surface area contributed by atoms with E-state index >= 15 is 0 Å². The van der Waals surface area contributed by atoms with Gasteiger partial charge in [0.15, 0.2) is 6.23 Å². The molecule has 1 aliphatic heterocycles. The van der Waals surface area contributed by atoms with Crippen LogP contribution in [0.5, 0.6) is 0 Å². The highest BCUT2D eigenvalue weighted by atomic mass is 35.7. The minimum absolute atomic E-state index is 0.151. The van der Waals surface area contributed by atoms with E-state index in [4.69, 9.17) is 20.5 Å². The molecule has 3 aromatic carbocycles. The number of benzene rings is 3. The summed E-state index contributed by atoms with van der Waals surface area (Å²) in [5, 5.41) is 0. The first-order valence-electron chi connectivity index (χ1n) is 16.0. The fourth-order valence-electron chi connectivity index (χ4n) is 6.23. The molecule has 2 heterocycles. The van der Waals surface area contributed by atoms with Crippen molar-refractivity contribution < 1.29 is 31.8 Å².